The van der Waals surface area contributed by atoms with Crippen LogP contribution in [-0.4, -0.2) is 16.8 Å². The lowest BCUT2D eigenvalue weighted by atomic mass is 9.86. The average molecular weight is 408 g/mol. The molecule has 1 aliphatic rings. The first kappa shape index (κ1) is 19.3. The SMILES string of the molecule is C=C1C[C@@](C)(c2cc(CC(=O)c3ncc(Cl)cc3Cl)ccc2F)N=C(N)O1. The van der Waals surface area contributed by atoms with Gasteiger partial charge in [0.1, 0.15) is 17.3 Å². The van der Waals surface area contributed by atoms with Crippen molar-refractivity contribution in [2.45, 2.75) is 25.3 Å². The van der Waals surface area contributed by atoms with Crippen LogP contribution < -0.4 is 5.73 Å². The second-order valence-electron chi connectivity index (χ2n) is 6.44. The van der Waals surface area contributed by atoms with E-state index in [1.165, 1.54) is 24.4 Å². The first-order valence-corrected chi connectivity index (χ1v) is 8.77. The highest BCUT2D eigenvalue weighted by atomic mass is 35.5. The molecule has 5 nitrogen and oxygen atoms in total. The largest absolute Gasteiger partial charge is 0.431 e. The van der Waals surface area contributed by atoms with E-state index < -0.39 is 11.4 Å². The van der Waals surface area contributed by atoms with E-state index in [0.29, 0.717) is 21.9 Å². The van der Waals surface area contributed by atoms with Crippen molar-refractivity contribution in [3.63, 3.8) is 0 Å². The van der Waals surface area contributed by atoms with Crippen molar-refractivity contribution in [1.29, 1.82) is 0 Å². The van der Waals surface area contributed by atoms with E-state index in [4.69, 9.17) is 33.7 Å². The molecule has 8 heteroatoms. The number of amidine groups is 1. The van der Waals surface area contributed by atoms with Crippen LogP contribution in [0.15, 0.2) is 47.8 Å². The maximum absolute atomic E-state index is 14.5. The lowest BCUT2D eigenvalue weighted by Gasteiger charge is -2.31. The topological polar surface area (TPSA) is 77.6 Å². The summed E-state index contributed by atoms with van der Waals surface area (Å²) >= 11 is 11.8. The molecule has 3 rings (SSSR count). The van der Waals surface area contributed by atoms with E-state index in [0.717, 1.165) is 0 Å². The third-order valence-corrected chi connectivity index (χ3v) is 4.69. The van der Waals surface area contributed by atoms with Crippen molar-refractivity contribution in [3.8, 4) is 0 Å². The summed E-state index contributed by atoms with van der Waals surface area (Å²) in [7, 11) is 0. The first-order chi connectivity index (χ1) is 12.7. The summed E-state index contributed by atoms with van der Waals surface area (Å²) in [5.41, 5.74) is 5.70. The zero-order valence-corrected chi connectivity index (χ0v) is 15.9. The van der Waals surface area contributed by atoms with Gasteiger partial charge in [0, 0.05) is 24.6 Å². The molecule has 27 heavy (non-hydrogen) atoms. The lowest BCUT2D eigenvalue weighted by molar-refractivity contribution is 0.0988. The van der Waals surface area contributed by atoms with Gasteiger partial charge in [-0.3, -0.25) is 4.79 Å². The predicted octanol–water partition coefficient (Wildman–Crippen LogP) is 4.42. The molecule has 0 amide bonds. The monoisotopic (exact) mass is 407 g/mol. The highest BCUT2D eigenvalue weighted by Crippen LogP contribution is 2.37. The van der Waals surface area contributed by atoms with Gasteiger partial charge in [-0.25, -0.2) is 14.4 Å². The van der Waals surface area contributed by atoms with Crippen LogP contribution in [0.1, 0.15) is 35.0 Å². The summed E-state index contributed by atoms with van der Waals surface area (Å²) in [5.74, 6) is -0.371. The fraction of sp³-hybridized carbons (Fsp3) is 0.211. The van der Waals surface area contributed by atoms with Crippen LogP contribution in [0.4, 0.5) is 4.39 Å². The molecule has 0 saturated heterocycles. The number of carbonyl (C=O) groups excluding carboxylic acids is 1. The maximum atomic E-state index is 14.5. The van der Waals surface area contributed by atoms with Crippen molar-refractivity contribution in [1.82, 2.24) is 4.98 Å². The van der Waals surface area contributed by atoms with Crippen LogP contribution in [0, 0.1) is 5.82 Å². The third-order valence-electron chi connectivity index (χ3n) is 4.19. The van der Waals surface area contributed by atoms with E-state index >= 15 is 0 Å². The number of ketones is 1. The minimum atomic E-state index is -0.973. The lowest BCUT2D eigenvalue weighted by Crippen LogP contribution is -2.33. The zero-order chi connectivity index (χ0) is 19.8. The number of benzene rings is 1. The molecule has 1 aromatic heterocycles. The van der Waals surface area contributed by atoms with Crippen LogP contribution >= 0.6 is 23.2 Å². The zero-order valence-electron chi connectivity index (χ0n) is 14.4. The van der Waals surface area contributed by atoms with Gasteiger partial charge in [-0.2, -0.15) is 0 Å². The number of hydrogen-bond donors (Lipinski definition) is 1. The van der Waals surface area contributed by atoms with E-state index in [-0.39, 0.29) is 35.4 Å². The molecule has 2 aromatic rings. The molecule has 0 bridgehead atoms. The van der Waals surface area contributed by atoms with Gasteiger partial charge in [0.05, 0.1) is 15.6 Å². The number of rotatable bonds is 4. The number of hydrogen-bond acceptors (Lipinski definition) is 5. The Morgan fingerprint density at radius 3 is 2.81 bits per heavy atom. The Balaban J connectivity index is 1.93. The van der Waals surface area contributed by atoms with Crippen molar-refractivity contribution >= 4 is 35.0 Å². The Kier molecular flexibility index (Phi) is 5.22. The fourth-order valence-corrected chi connectivity index (χ4v) is 3.50. The Hall–Kier alpha value is -2.44. The number of aliphatic imine (C=N–C) groups is 1. The van der Waals surface area contributed by atoms with Gasteiger partial charge in [-0.15, -0.1) is 0 Å². The molecule has 0 saturated carbocycles. The van der Waals surface area contributed by atoms with Gasteiger partial charge >= 0.3 is 0 Å². The quantitative estimate of drug-likeness (QED) is 0.760. The molecule has 0 spiro atoms. The van der Waals surface area contributed by atoms with Crippen molar-refractivity contribution in [2.75, 3.05) is 0 Å². The van der Waals surface area contributed by atoms with Crippen LogP contribution in [-0.2, 0) is 16.7 Å². The van der Waals surface area contributed by atoms with E-state index in [1.54, 1.807) is 13.0 Å². The molecule has 1 aliphatic heterocycles. The summed E-state index contributed by atoms with van der Waals surface area (Å²) in [4.78, 5) is 20.8. The minimum Gasteiger partial charge on any atom is -0.431 e. The van der Waals surface area contributed by atoms with E-state index in [1.807, 2.05) is 0 Å². The number of nitrogens with two attached hydrogens (primary N) is 1. The molecule has 2 N–H and O–H groups in total. The Morgan fingerprint density at radius 1 is 1.41 bits per heavy atom. The number of nitrogens with zero attached hydrogens (tertiary/aromatic N) is 2. The van der Waals surface area contributed by atoms with E-state index in [9.17, 15) is 9.18 Å². The predicted molar refractivity (Wildman–Crippen MR) is 103 cm³/mol. The Morgan fingerprint density at radius 2 is 2.15 bits per heavy atom. The summed E-state index contributed by atoms with van der Waals surface area (Å²) in [6, 6.07) is 5.79. The fourth-order valence-electron chi connectivity index (χ4n) is 3.01. The molecular formula is C19H16Cl2FN3O2. The van der Waals surface area contributed by atoms with Gasteiger partial charge < -0.3 is 10.5 Å². The van der Waals surface area contributed by atoms with Crippen molar-refractivity contribution < 1.29 is 13.9 Å². The molecule has 0 fully saturated rings. The molecular weight excluding hydrogens is 392 g/mol. The molecule has 1 aromatic carbocycles. The standard InChI is InChI=1S/C19H16Cl2FN3O2/c1-10-8-19(2,25-18(23)27-10)13-5-11(3-4-15(13)22)6-16(26)17-14(21)7-12(20)9-24-17/h3-5,7,9H,1,6,8H2,2H3,(H2,23,25)/t19-/m0/s1. The summed E-state index contributed by atoms with van der Waals surface area (Å²) in [6.45, 7) is 5.48. The number of carbonyl (C=O) groups is 1. The van der Waals surface area contributed by atoms with Crippen LogP contribution in [0.2, 0.25) is 10.0 Å². The molecule has 2 heterocycles. The maximum Gasteiger partial charge on any atom is 0.288 e. The molecule has 0 radical (unpaired) electrons. The normalized spacial score (nSPS) is 19.4. The van der Waals surface area contributed by atoms with Gasteiger partial charge in [0.15, 0.2) is 5.78 Å². The van der Waals surface area contributed by atoms with Gasteiger partial charge in [0.2, 0.25) is 0 Å². The molecule has 0 unspecified atom stereocenters. The van der Waals surface area contributed by atoms with E-state index in [2.05, 4.69) is 16.6 Å². The summed E-state index contributed by atoms with van der Waals surface area (Å²) < 4.78 is 19.7. The Bertz CT molecular complexity index is 977. The third kappa shape index (κ3) is 4.12. The number of halogens is 3. The second-order valence-corrected chi connectivity index (χ2v) is 7.28. The minimum absolute atomic E-state index is 0.00560. The highest BCUT2D eigenvalue weighted by molar-refractivity contribution is 6.36. The summed E-state index contributed by atoms with van der Waals surface area (Å²) in [5, 5.41) is 0.503. The summed E-state index contributed by atoms with van der Waals surface area (Å²) in [6.07, 6.45) is 1.61. The van der Waals surface area contributed by atoms with Gasteiger partial charge in [-0.1, -0.05) is 35.8 Å². The number of Topliss-reactive ketones (excluding diaryl/α,β-unsaturated/α-hetero) is 1. The smallest absolute Gasteiger partial charge is 0.288 e. The van der Waals surface area contributed by atoms with Crippen molar-refractivity contribution in [2.24, 2.45) is 10.7 Å². The van der Waals surface area contributed by atoms with Crippen LogP contribution in [0.3, 0.4) is 0 Å². The first-order valence-electron chi connectivity index (χ1n) is 8.02. The molecule has 1 atom stereocenters. The van der Waals surface area contributed by atoms with Crippen LogP contribution in [0.25, 0.3) is 0 Å². The van der Waals surface area contributed by atoms with Crippen molar-refractivity contribution in [3.05, 3.63) is 75.5 Å². The number of ether oxygens (including phenoxy) is 1. The van der Waals surface area contributed by atoms with Crippen LogP contribution in [0.5, 0.6) is 0 Å². The average Bonchev–Trinajstić information content (AvgIpc) is 2.55. The number of pyridine rings is 1. The van der Waals surface area contributed by atoms with Gasteiger partial charge in [0.25, 0.3) is 6.02 Å². The Labute approximate surface area is 165 Å². The molecule has 140 valence electrons. The van der Waals surface area contributed by atoms with Gasteiger partial charge in [-0.05, 0) is 30.7 Å². The molecule has 0 aliphatic carbocycles. The second kappa shape index (κ2) is 7.29. The highest BCUT2D eigenvalue weighted by Gasteiger charge is 2.34. The number of aromatic nitrogens is 1.